The average Bonchev–Trinajstić information content (AvgIpc) is 2.34. The van der Waals surface area contributed by atoms with Crippen LogP contribution in [0.5, 0.6) is 5.75 Å². The van der Waals surface area contributed by atoms with Gasteiger partial charge in [0.05, 0.1) is 13.2 Å². The summed E-state index contributed by atoms with van der Waals surface area (Å²) in [5, 5.41) is 10.0. The van der Waals surface area contributed by atoms with Crippen LogP contribution in [0.4, 0.5) is 5.69 Å². The Labute approximate surface area is 117 Å². The zero-order chi connectivity index (χ0) is 14.8. The minimum Gasteiger partial charge on any atom is -0.496 e. The largest absolute Gasteiger partial charge is 0.496 e. The Morgan fingerprint density at radius 1 is 1.21 bits per heavy atom. The summed E-state index contributed by atoms with van der Waals surface area (Å²) in [6, 6.07) is 6.23. The van der Waals surface area contributed by atoms with E-state index in [0.29, 0.717) is 6.04 Å². The van der Waals surface area contributed by atoms with E-state index in [4.69, 9.17) is 4.74 Å². The first-order valence-electron chi connectivity index (χ1n) is 6.78. The molecule has 0 heterocycles. The number of anilines is 1. The maximum Gasteiger partial charge on any atom is 0.126 e. The van der Waals surface area contributed by atoms with Gasteiger partial charge >= 0.3 is 0 Å². The van der Waals surface area contributed by atoms with Gasteiger partial charge in [-0.25, -0.2) is 0 Å². The van der Waals surface area contributed by atoms with Crippen molar-refractivity contribution in [3.63, 3.8) is 0 Å². The summed E-state index contributed by atoms with van der Waals surface area (Å²) in [6.45, 7) is 10.6. The predicted molar refractivity (Wildman–Crippen MR) is 80.9 cm³/mol. The van der Waals surface area contributed by atoms with Gasteiger partial charge in [-0.05, 0) is 31.4 Å². The van der Waals surface area contributed by atoms with Crippen LogP contribution in [0.25, 0.3) is 0 Å². The molecule has 0 aliphatic rings. The third kappa shape index (κ3) is 3.41. The average molecular weight is 265 g/mol. The van der Waals surface area contributed by atoms with E-state index in [9.17, 15) is 5.11 Å². The fraction of sp³-hybridized carbons (Fsp3) is 0.625. The lowest BCUT2D eigenvalue weighted by Crippen LogP contribution is -2.40. The lowest BCUT2D eigenvalue weighted by atomic mass is 9.86. The number of methoxy groups -OCH3 is 1. The summed E-state index contributed by atoms with van der Waals surface area (Å²) in [5.74, 6) is 0.737. The molecule has 3 nitrogen and oxygen atoms in total. The smallest absolute Gasteiger partial charge is 0.126 e. The fourth-order valence-corrected chi connectivity index (χ4v) is 2.23. The third-order valence-electron chi connectivity index (χ3n) is 3.90. The first kappa shape index (κ1) is 15.8. The number of nitrogens with zero attached hydrogens (tertiary/aromatic N) is 1. The topological polar surface area (TPSA) is 32.7 Å². The zero-order valence-electron chi connectivity index (χ0n) is 13.2. The van der Waals surface area contributed by atoms with E-state index < -0.39 is 6.10 Å². The van der Waals surface area contributed by atoms with Gasteiger partial charge in [-0.1, -0.05) is 26.8 Å². The standard InChI is InChI=1S/C16H27NO2/c1-11(18)15-13(9-8-10-14(15)19-7)17(6)12(2)16(3,4)5/h8-12,18H,1-7H3. The van der Waals surface area contributed by atoms with Gasteiger partial charge in [-0.3, -0.25) is 0 Å². The Hall–Kier alpha value is -1.22. The van der Waals surface area contributed by atoms with E-state index in [0.717, 1.165) is 17.0 Å². The normalized spacial score (nSPS) is 14.9. The quantitative estimate of drug-likeness (QED) is 0.902. The molecule has 1 N–H and O–H groups in total. The highest BCUT2D eigenvalue weighted by atomic mass is 16.5. The molecule has 0 aromatic heterocycles. The van der Waals surface area contributed by atoms with Crippen molar-refractivity contribution in [1.82, 2.24) is 0 Å². The Kier molecular flexibility index (Phi) is 4.86. The molecular formula is C16H27NO2. The summed E-state index contributed by atoms with van der Waals surface area (Å²) < 4.78 is 5.38. The van der Waals surface area contributed by atoms with E-state index in [1.807, 2.05) is 18.2 Å². The Morgan fingerprint density at radius 3 is 2.21 bits per heavy atom. The Balaban J connectivity index is 3.27. The SMILES string of the molecule is COc1cccc(N(C)C(C)C(C)(C)C)c1C(C)O. The number of hydrogen-bond acceptors (Lipinski definition) is 3. The van der Waals surface area contributed by atoms with E-state index >= 15 is 0 Å². The van der Waals surface area contributed by atoms with Crippen molar-refractivity contribution >= 4 is 5.69 Å². The monoisotopic (exact) mass is 265 g/mol. The molecule has 0 amide bonds. The van der Waals surface area contributed by atoms with Gasteiger partial charge in [-0.15, -0.1) is 0 Å². The molecule has 0 spiro atoms. The summed E-state index contributed by atoms with van der Waals surface area (Å²) in [7, 11) is 3.70. The van der Waals surface area contributed by atoms with Crippen molar-refractivity contribution in [3.05, 3.63) is 23.8 Å². The number of ether oxygens (including phenoxy) is 1. The van der Waals surface area contributed by atoms with Crippen LogP contribution in [0.2, 0.25) is 0 Å². The molecule has 0 fully saturated rings. The minimum atomic E-state index is -0.555. The molecule has 2 atom stereocenters. The van der Waals surface area contributed by atoms with Crippen molar-refractivity contribution in [3.8, 4) is 5.75 Å². The Bertz CT molecular complexity index is 421. The molecule has 0 radical (unpaired) electrons. The van der Waals surface area contributed by atoms with Crippen LogP contribution in [0.3, 0.4) is 0 Å². The highest BCUT2D eigenvalue weighted by Crippen LogP contribution is 2.37. The van der Waals surface area contributed by atoms with Crippen LogP contribution in [0.1, 0.15) is 46.3 Å². The van der Waals surface area contributed by atoms with Gasteiger partial charge in [0.25, 0.3) is 0 Å². The van der Waals surface area contributed by atoms with Crippen LogP contribution >= 0.6 is 0 Å². The second-order valence-corrected chi connectivity index (χ2v) is 6.22. The molecule has 1 aromatic carbocycles. The molecule has 19 heavy (non-hydrogen) atoms. The van der Waals surface area contributed by atoms with Crippen molar-refractivity contribution in [1.29, 1.82) is 0 Å². The fourth-order valence-electron chi connectivity index (χ4n) is 2.23. The molecule has 0 aliphatic heterocycles. The van der Waals surface area contributed by atoms with Crippen LogP contribution in [-0.2, 0) is 0 Å². The van der Waals surface area contributed by atoms with Gasteiger partial charge in [0.1, 0.15) is 5.75 Å². The molecule has 1 rings (SSSR count). The van der Waals surface area contributed by atoms with Gasteiger partial charge in [0, 0.05) is 24.3 Å². The van der Waals surface area contributed by atoms with Crippen LogP contribution in [-0.4, -0.2) is 25.3 Å². The first-order chi connectivity index (χ1) is 8.70. The summed E-state index contributed by atoms with van der Waals surface area (Å²) in [5.41, 5.74) is 2.04. The van der Waals surface area contributed by atoms with E-state index in [1.165, 1.54) is 0 Å². The molecule has 2 unspecified atom stereocenters. The van der Waals surface area contributed by atoms with Crippen molar-refractivity contribution in [2.75, 3.05) is 19.1 Å². The van der Waals surface area contributed by atoms with Crippen LogP contribution in [0, 0.1) is 5.41 Å². The molecule has 0 aliphatic carbocycles. The molecule has 0 saturated heterocycles. The number of hydrogen-bond donors (Lipinski definition) is 1. The summed E-state index contributed by atoms with van der Waals surface area (Å²) >= 11 is 0. The zero-order valence-corrected chi connectivity index (χ0v) is 13.2. The van der Waals surface area contributed by atoms with E-state index in [1.54, 1.807) is 14.0 Å². The van der Waals surface area contributed by atoms with Gasteiger partial charge < -0.3 is 14.7 Å². The van der Waals surface area contributed by atoms with E-state index in [2.05, 4.69) is 39.6 Å². The number of benzene rings is 1. The maximum atomic E-state index is 10.0. The number of aliphatic hydroxyl groups is 1. The van der Waals surface area contributed by atoms with Gasteiger partial charge in [-0.2, -0.15) is 0 Å². The predicted octanol–water partition coefficient (Wildman–Crippen LogP) is 3.62. The third-order valence-corrected chi connectivity index (χ3v) is 3.90. The van der Waals surface area contributed by atoms with Crippen molar-refractivity contribution < 1.29 is 9.84 Å². The van der Waals surface area contributed by atoms with Crippen LogP contribution < -0.4 is 9.64 Å². The molecular weight excluding hydrogens is 238 g/mol. The minimum absolute atomic E-state index is 0.161. The number of aliphatic hydroxyl groups excluding tert-OH is 1. The lowest BCUT2D eigenvalue weighted by molar-refractivity contribution is 0.194. The summed E-state index contributed by atoms with van der Waals surface area (Å²) in [4.78, 5) is 2.21. The van der Waals surface area contributed by atoms with Crippen molar-refractivity contribution in [2.24, 2.45) is 5.41 Å². The Morgan fingerprint density at radius 2 is 1.79 bits per heavy atom. The molecule has 108 valence electrons. The van der Waals surface area contributed by atoms with Crippen LogP contribution in [0.15, 0.2) is 18.2 Å². The van der Waals surface area contributed by atoms with Gasteiger partial charge in [0.15, 0.2) is 0 Å². The van der Waals surface area contributed by atoms with E-state index in [-0.39, 0.29) is 5.41 Å². The lowest BCUT2D eigenvalue weighted by Gasteiger charge is -2.38. The summed E-state index contributed by atoms with van der Waals surface area (Å²) in [6.07, 6.45) is -0.555. The van der Waals surface area contributed by atoms with Gasteiger partial charge in [0.2, 0.25) is 0 Å². The molecule has 3 heteroatoms. The molecule has 0 bridgehead atoms. The first-order valence-corrected chi connectivity index (χ1v) is 6.78. The second kappa shape index (κ2) is 5.83. The maximum absolute atomic E-state index is 10.0. The second-order valence-electron chi connectivity index (χ2n) is 6.22. The highest BCUT2D eigenvalue weighted by Gasteiger charge is 2.27. The highest BCUT2D eigenvalue weighted by molar-refractivity contribution is 5.60. The molecule has 1 aromatic rings. The molecule has 0 saturated carbocycles. The van der Waals surface area contributed by atoms with Crippen molar-refractivity contribution in [2.45, 2.75) is 46.8 Å². The number of rotatable bonds is 4.